The summed E-state index contributed by atoms with van der Waals surface area (Å²) in [6, 6.07) is 2.24. The number of carboxylic acids is 1. The molecule has 28 heavy (non-hydrogen) atoms. The van der Waals surface area contributed by atoms with Crippen molar-refractivity contribution < 1.29 is 24.2 Å². The molecule has 2 rings (SSSR count). The van der Waals surface area contributed by atoms with E-state index in [1.54, 1.807) is 26.0 Å². The van der Waals surface area contributed by atoms with E-state index in [1.807, 2.05) is 0 Å². The number of aliphatic carboxylic acids is 1. The van der Waals surface area contributed by atoms with Crippen LogP contribution in [0, 0.1) is 5.92 Å². The fourth-order valence-corrected chi connectivity index (χ4v) is 3.25. The number of thioether (sulfide) groups is 1. The standard InChI is InChI=1S/C18H23N3O6S/c1-9(2)16(18(24)25)21-15(22)8-28-7-14-19-11-6-13(27-4)12(26-3)5-10(11)17(23)20-14/h5-6,9,16H,7-8H2,1-4H3,(H,21,22)(H,24,25)(H,19,20,23)/t16-/m1/s1. The number of carbonyl (C=O) groups is 2. The Kier molecular flexibility index (Phi) is 7.27. The lowest BCUT2D eigenvalue weighted by atomic mass is 10.1. The second-order valence-electron chi connectivity index (χ2n) is 6.36. The minimum Gasteiger partial charge on any atom is -0.493 e. The molecule has 9 nitrogen and oxygen atoms in total. The molecule has 1 atom stereocenters. The number of benzene rings is 1. The van der Waals surface area contributed by atoms with E-state index in [0.717, 1.165) is 0 Å². The monoisotopic (exact) mass is 409 g/mol. The van der Waals surface area contributed by atoms with Crippen molar-refractivity contribution in [2.24, 2.45) is 5.92 Å². The molecule has 0 radical (unpaired) electrons. The first-order valence-electron chi connectivity index (χ1n) is 8.51. The van der Waals surface area contributed by atoms with Crippen molar-refractivity contribution in [3.8, 4) is 11.5 Å². The minimum absolute atomic E-state index is 0.0458. The van der Waals surface area contributed by atoms with Gasteiger partial charge in [-0.05, 0) is 12.0 Å². The van der Waals surface area contributed by atoms with Gasteiger partial charge >= 0.3 is 5.97 Å². The quantitative estimate of drug-likeness (QED) is 0.566. The number of aromatic nitrogens is 2. The Morgan fingerprint density at radius 2 is 1.89 bits per heavy atom. The van der Waals surface area contributed by atoms with E-state index in [9.17, 15) is 14.4 Å². The number of hydrogen-bond acceptors (Lipinski definition) is 7. The fourth-order valence-electron chi connectivity index (χ4n) is 2.55. The fraction of sp³-hybridized carbons (Fsp3) is 0.444. The molecule has 1 aromatic carbocycles. The number of amides is 1. The van der Waals surface area contributed by atoms with Crippen LogP contribution in [0.3, 0.4) is 0 Å². The smallest absolute Gasteiger partial charge is 0.326 e. The first-order valence-corrected chi connectivity index (χ1v) is 9.67. The number of hydrogen-bond donors (Lipinski definition) is 3. The lowest BCUT2D eigenvalue weighted by molar-refractivity contribution is -0.142. The molecule has 3 N–H and O–H groups in total. The van der Waals surface area contributed by atoms with Crippen LogP contribution < -0.4 is 20.3 Å². The maximum Gasteiger partial charge on any atom is 0.326 e. The molecular weight excluding hydrogens is 386 g/mol. The molecule has 0 spiro atoms. The summed E-state index contributed by atoms with van der Waals surface area (Å²) in [6.07, 6.45) is 0. The van der Waals surface area contributed by atoms with E-state index in [-0.39, 0.29) is 28.9 Å². The molecule has 0 aliphatic heterocycles. The van der Waals surface area contributed by atoms with Gasteiger partial charge in [-0.25, -0.2) is 9.78 Å². The van der Waals surface area contributed by atoms with E-state index in [2.05, 4.69) is 15.3 Å². The number of nitrogens with zero attached hydrogens (tertiary/aromatic N) is 1. The summed E-state index contributed by atoms with van der Waals surface area (Å²) >= 11 is 1.22. The highest BCUT2D eigenvalue weighted by Gasteiger charge is 2.23. The number of nitrogens with one attached hydrogen (secondary N) is 2. The zero-order valence-electron chi connectivity index (χ0n) is 16.1. The maximum absolute atomic E-state index is 12.3. The number of carbonyl (C=O) groups excluding carboxylic acids is 1. The number of methoxy groups -OCH3 is 2. The first-order chi connectivity index (χ1) is 13.3. The minimum atomic E-state index is -1.07. The van der Waals surface area contributed by atoms with Gasteiger partial charge in [0.2, 0.25) is 5.91 Å². The average molecular weight is 409 g/mol. The van der Waals surface area contributed by atoms with Crippen LogP contribution in [-0.4, -0.2) is 53.0 Å². The van der Waals surface area contributed by atoms with Crippen LogP contribution in [-0.2, 0) is 15.3 Å². The topological polar surface area (TPSA) is 131 Å². The molecule has 0 bridgehead atoms. The Hall–Kier alpha value is -2.75. The Balaban J connectivity index is 2.07. The third-order valence-electron chi connectivity index (χ3n) is 3.98. The number of rotatable bonds is 9. The maximum atomic E-state index is 12.3. The van der Waals surface area contributed by atoms with Crippen LogP contribution in [0.2, 0.25) is 0 Å². The molecule has 1 heterocycles. The Morgan fingerprint density at radius 3 is 2.46 bits per heavy atom. The molecule has 0 aliphatic carbocycles. The predicted molar refractivity (Wildman–Crippen MR) is 106 cm³/mol. The molecule has 0 unspecified atom stereocenters. The van der Waals surface area contributed by atoms with E-state index < -0.39 is 12.0 Å². The summed E-state index contributed by atoms with van der Waals surface area (Å²) in [5.41, 5.74) is 0.129. The number of aromatic amines is 1. The summed E-state index contributed by atoms with van der Waals surface area (Å²) in [5.74, 6) is -0.0630. The van der Waals surface area contributed by atoms with Gasteiger partial charge in [-0.2, -0.15) is 0 Å². The van der Waals surface area contributed by atoms with Crippen molar-refractivity contribution in [3.05, 3.63) is 28.3 Å². The summed E-state index contributed by atoms with van der Waals surface area (Å²) in [5, 5.41) is 12.0. The lowest BCUT2D eigenvalue weighted by Crippen LogP contribution is -2.45. The molecule has 0 saturated carbocycles. The van der Waals surface area contributed by atoms with Crippen LogP contribution in [0.5, 0.6) is 11.5 Å². The highest BCUT2D eigenvalue weighted by Crippen LogP contribution is 2.30. The molecule has 1 amide bonds. The molecule has 2 aromatic rings. The number of ether oxygens (including phenoxy) is 2. The van der Waals surface area contributed by atoms with Gasteiger partial charge < -0.3 is 24.9 Å². The Bertz CT molecular complexity index is 927. The molecule has 152 valence electrons. The second-order valence-corrected chi connectivity index (χ2v) is 7.34. The van der Waals surface area contributed by atoms with Gasteiger partial charge in [0, 0.05) is 6.07 Å². The zero-order valence-corrected chi connectivity index (χ0v) is 16.9. The summed E-state index contributed by atoms with van der Waals surface area (Å²) in [4.78, 5) is 42.5. The van der Waals surface area contributed by atoms with Crippen LogP contribution in [0.15, 0.2) is 16.9 Å². The van der Waals surface area contributed by atoms with Crippen LogP contribution >= 0.6 is 11.8 Å². The van der Waals surface area contributed by atoms with Gasteiger partial charge in [0.15, 0.2) is 11.5 Å². The highest BCUT2D eigenvalue weighted by atomic mass is 32.2. The van der Waals surface area contributed by atoms with Crippen LogP contribution in [0.1, 0.15) is 19.7 Å². The largest absolute Gasteiger partial charge is 0.493 e. The lowest BCUT2D eigenvalue weighted by Gasteiger charge is -2.17. The van der Waals surface area contributed by atoms with E-state index in [0.29, 0.717) is 28.2 Å². The number of fused-ring (bicyclic) bond motifs is 1. The third-order valence-corrected chi connectivity index (χ3v) is 4.92. The van der Waals surface area contributed by atoms with Crippen LogP contribution in [0.25, 0.3) is 10.9 Å². The molecule has 0 saturated heterocycles. The highest BCUT2D eigenvalue weighted by molar-refractivity contribution is 7.99. The van der Waals surface area contributed by atoms with Crippen molar-refractivity contribution in [1.82, 2.24) is 15.3 Å². The summed E-state index contributed by atoms with van der Waals surface area (Å²) in [7, 11) is 2.98. The van der Waals surface area contributed by atoms with E-state index in [4.69, 9.17) is 14.6 Å². The SMILES string of the molecule is COc1cc2nc(CSCC(=O)N[C@@H](C(=O)O)C(C)C)[nH]c(=O)c2cc1OC. The number of carboxylic acid groups (broad SMARTS) is 1. The number of H-pyrrole nitrogens is 1. The molecular formula is C18H23N3O6S. The van der Waals surface area contributed by atoms with Crippen molar-refractivity contribution in [1.29, 1.82) is 0 Å². The summed E-state index contributed by atoms with van der Waals surface area (Å²) < 4.78 is 10.4. The second kappa shape index (κ2) is 9.45. The van der Waals surface area contributed by atoms with Gasteiger partial charge in [-0.15, -0.1) is 11.8 Å². The zero-order chi connectivity index (χ0) is 20.8. The van der Waals surface area contributed by atoms with E-state index in [1.165, 1.54) is 26.0 Å². The van der Waals surface area contributed by atoms with Crippen molar-refractivity contribution in [3.63, 3.8) is 0 Å². The van der Waals surface area contributed by atoms with Gasteiger partial charge in [0.25, 0.3) is 5.56 Å². The summed E-state index contributed by atoms with van der Waals surface area (Å²) in [6.45, 7) is 3.44. The van der Waals surface area contributed by atoms with E-state index >= 15 is 0 Å². The molecule has 1 aromatic heterocycles. The Morgan fingerprint density at radius 1 is 1.25 bits per heavy atom. The first kappa shape index (κ1) is 21.5. The Labute approximate surface area is 165 Å². The van der Waals surface area contributed by atoms with Crippen molar-refractivity contribution >= 4 is 34.5 Å². The molecule has 0 fully saturated rings. The predicted octanol–water partition coefficient (Wildman–Crippen LogP) is 1.40. The molecule has 10 heteroatoms. The third kappa shape index (κ3) is 5.16. The van der Waals surface area contributed by atoms with Gasteiger partial charge in [-0.3, -0.25) is 9.59 Å². The van der Waals surface area contributed by atoms with Crippen molar-refractivity contribution in [2.45, 2.75) is 25.6 Å². The van der Waals surface area contributed by atoms with Crippen LogP contribution in [0.4, 0.5) is 0 Å². The van der Waals surface area contributed by atoms with Gasteiger partial charge in [0.1, 0.15) is 11.9 Å². The normalized spacial score (nSPS) is 12.0. The molecule has 0 aliphatic rings. The average Bonchev–Trinajstić information content (AvgIpc) is 2.64. The van der Waals surface area contributed by atoms with Gasteiger partial charge in [0.05, 0.1) is 36.6 Å². The van der Waals surface area contributed by atoms with Crippen molar-refractivity contribution in [2.75, 3.05) is 20.0 Å². The van der Waals surface area contributed by atoms with Gasteiger partial charge in [-0.1, -0.05) is 13.8 Å².